The average molecular weight is 345 g/mol. The standard InChI is InChI=1S/C17H17ClN4O2/c18-14-6-2-1-4-11(14)8-15-20-16(13(9-19)17(24)21-15)22-7-3-5-12(22)10-23/h1-2,4,6,12,23H,3,5,7-8,10H2,(H,20,21,24)/t12-/m0/s1. The number of anilines is 1. The van der Waals surface area contributed by atoms with Crippen LogP contribution in [0.15, 0.2) is 29.1 Å². The summed E-state index contributed by atoms with van der Waals surface area (Å²) in [6, 6.07) is 9.17. The molecule has 0 spiro atoms. The number of nitrogens with one attached hydrogen (secondary N) is 1. The van der Waals surface area contributed by atoms with Crippen molar-refractivity contribution in [3.05, 3.63) is 56.6 Å². The summed E-state index contributed by atoms with van der Waals surface area (Å²) in [4.78, 5) is 21.3. The van der Waals surface area contributed by atoms with Crippen LogP contribution in [-0.2, 0) is 6.42 Å². The molecule has 3 rings (SSSR count). The predicted octanol–water partition coefficient (Wildman–Crippen LogP) is 1.85. The number of halogens is 1. The van der Waals surface area contributed by atoms with Gasteiger partial charge in [-0.25, -0.2) is 4.98 Å². The van der Waals surface area contributed by atoms with Gasteiger partial charge in [-0.3, -0.25) is 4.79 Å². The SMILES string of the molecule is N#Cc1c(N2CCC[C@H]2CO)nc(Cc2ccccc2Cl)[nH]c1=O. The lowest BCUT2D eigenvalue weighted by molar-refractivity contribution is 0.266. The lowest BCUT2D eigenvalue weighted by atomic mass is 10.1. The van der Waals surface area contributed by atoms with Crippen molar-refractivity contribution < 1.29 is 5.11 Å². The van der Waals surface area contributed by atoms with Crippen molar-refractivity contribution in [1.29, 1.82) is 5.26 Å². The van der Waals surface area contributed by atoms with Crippen LogP contribution in [0.25, 0.3) is 0 Å². The predicted molar refractivity (Wildman–Crippen MR) is 91.3 cm³/mol. The van der Waals surface area contributed by atoms with Gasteiger partial charge in [0.15, 0.2) is 11.4 Å². The Balaban J connectivity index is 2.02. The zero-order valence-electron chi connectivity index (χ0n) is 13.0. The molecule has 0 aliphatic carbocycles. The molecule has 6 nitrogen and oxygen atoms in total. The molecule has 0 unspecified atom stereocenters. The van der Waals surface area contributed by atoms with Gasteiger partial charge in [0.1, 0.15) is 11.9 Å². The number of nitriles is 1. The van der Waals surface area contributed by atoms with E-state index in [1.54, 1.807) is 6.07 Å². The van der Waals surface area contributed by atoms with Gasteiger partial charge in [0.25, 0.3) is 5.56 Å². The van der Waals surface area contributed by atoms with Crippen LogP contribution in [0.4, 0.5) is 5.82 Å². The van der Waals surface area contributed by atoms with Crippen LogP contribution in [0.1, 0.15) is 29.8 Å². The smallest absolute Gasteiger partial charge is 0.271 e. The number of hydrogen-bond donors (Lipinski definition) is 2. The minimum absolute atomic E-state index is 0.0155. The van der Waals surface area contributed by atoms with E-state index >= 15 is 0 Å². The summed E-state index contributed by atoms with van der Waals surface area (Å²) in [7, 11) is 0. The van der Waals surface area contributed by atoms with Crippen LogP contribution >= 0.6 is 11.6 Å². The van der Waals surface area contributed by atoms with E-state index in [-0.39, 0.29) is 18.2 Å². The van der Waals surface area contributed by atoms with E-state index in [9.17, 15) is 15.2 Å². The van der Waals surface area contributed by atoms with Gasteiger partial charge in [0.05, 0.1) is 12.6 Å². The molecule has 2 N–H and O–H groups in total. The molecule has 1 aliphatic heterocycles. The number of rotatable bonds is 4. The summed E-state index contributed by atoms with van der Waals surface area (Å²) < 4.78 is 0. The molecule has 0 saturated carbocycles. The van der Waals surface area contributed by atoms with E-state index in [1.165, 1.54) is 0 Å². The largest absolute Gasteiger partial charge is 0.394 e. The van der Waals surface area contributed by atoms with Crippen LogP contribution in [0.5, 0.6) is 0 Å². The van der Waals surface area contributed by atoms with E-state index in [1.807, 2.05) is 29.2 Å². The molecule has 124 valence electrons. The highest BCUT2D eigenvalue weighted by atomic mass is 35.5. The highest BCUT2D eigenvalue weighted by molar-refractivity contribution is 6.31. The third kappa shape index (κ3) is 3.14. The fraction of sp³-hybridized carbons (Fsp3) is 0.353. The molecule has 1 aromatic carbocycles. The Bertz CT molecular complexity index is 843. The van der Waals surface area contributed by atoms with E-state index < -0.39 is 5.56 Å². The number of H-pyrrole nitrogens is 1. The summed E-state index contributed by atoms with van der Waals surface area (Å²) in [5, 5.41) is 19.4. The van der Waals surface area contributed by atoms with Gasteiger partial charge in [-0.2, -0.15) is 5.26 Å². The van der Waals surface area contributed by atoms with Gasteiger partial charge in [-0.1, -0.05) is 29.8 Å². The first-order chi connectivity index (χ1) is 11.6. The minimum atomic E-state index is -0.465. The first-order valence-corrected chi connectivity index (χ1v) is 8.16. The lowest BCUT2D eigenvalue weighted by Gasteiger charge is -2.25. The Labute approximate surface area is 144 Å². The number of aliphatic hydroxyl groups is 1. The summed E-state index contributed by atoms with van der Waals surface area (Å²) in [5.74, 6) is 0.797. The molecular weight excluding hydrogens is 328 g/mol. The molecule has 0 bridgehead atoms. The first kappa shape index (κ1) is 16.5. The van der Waals surface area contributed by atoms with Gasteiger partial charge >= 0.3 is 0 Å². The van der Waals surface area contributed by atoms with Crippen LogP contribution in [0.2, 0.25) is 5.02 Å². The molecular formula is C17H17ClN4O2. The molecule has 7 heteroatoms. The van der Waals surface area contributed by atoms with Gasteiger partial charge in [0.2, 0.25) is 0 Å². The Morgan fingerprint density at radius 2 is 2.25 bits per heavy atom. The molecule has 1 aromatic heterocycles. The molecule has 1 saturated heterocycles. The van der Waals surface area contributed by atoms with Crippen LogP contribution < -0.4 is 10.5 Å². The van der Waals surface area contributed by atoms with Gasteiger partial charge in [0, 0.05) is 18.0 Å². The van der Waals surface area contributed by atoms with Crippen LogP contribution in [0, 0.1) is 11.3 Å². The van der Waals surface area contributed by atoms with Crippen molar-refractivity contribution in [2.75, 3.05) is 18.1 Å². The molecule has 2 heterocycles. The molecule has 2 aromatic rings. The monoisotopic (exact) mass is 344 g/mol. The summed E-state index contributed by atoms with van der Waals surface area (Å²) in [6.07, 6.45) is 2.07. The maximum absolute atomic E-state index is 12.3. The fourth-order valence-corrected chi connectivity index (χ4v) is 3.23. The number of aromatic amines is 1. The fourth-order valence-electron chi connectivity index (χ4n) is 3.03. The van der Waals surface area contributed by atoms with Crippen molar-refractivity contribution in [2.24, 2.45) is 0 Å². The third-order valence-electron chi connectivity index (χ3n) is 4.24. The van der Waals surface area contributed by atoms with Crippen molar-refractivity contribution in [3.8, 4) is 6.07 Å². The topological polar surface area (TPSA) is 93.0 Å². The molecule has 24 heavy (non-hydrogen) atoms. The third-order valence-corrected chi connectivity index (χ3v) is 4.61. The van der Waals surface area contributed by atoms with Gasteiger partial charge < -0.3 is 15.0 Å². The van der Waals surface area contributed by atoms with Crippen molar-refractivity contribution in [3.63, 3.8) is 0 Å². The molecule has 0 amide bonds. The van der Waals surface area contributed by atoms with Gasteiger partial charge in [-0.15, -0.1) is 0 Å². The second kappa shape index (κ2) is 7.04. The quantitative estimate of drug-likeness (QED) is 0.882. The second-order valence-corrected chi connectivity index (χ2v) is 6.17. The minimum Gasteiger partial charge on any atom is -0.394 e. The highest BCUT2D eigenvalue weighted by Crippen LogP contribution is 2.26. The molecule has 0 radical (unpaired) electrons. The van der Waals surface area contributed by atoms with Crippen molar-refractivity contribution in [2.45, 2.75) is 25.3 Å². The van der Waals surface area contributed by atoms with E-state index in [0.717, 1.165) is 18.4 Å². The maximum atomic E-state index is 12.3. The number of aliphatic hydroxyl groups excluding tert-OH is 1. The van der Waals surface area contributed by atoms with E-state index in [0.29, 0.717) is 29.6 Å². The van der Waals surface area contributed by atoms with E-state index in [4.69, 9.17) is 11.6 Å². The second-order valence-electron chi connectivity index (χ2n) is 5.76. The highest BCUT2D eigenvalue weighted by Gasteiger charge is 2.28. The summed E-state index contributed by atoms with van der Waals surface area (Å²) >= 11 is 6.17. The van der Waals surface area contributed by atoms with Crippen molar-refractivity contribution >= 4 is 17.4 Å². The lowest BCUT2D eigenvalue weighted by Crippen LogP contribution is -2.35. The number of hydrogen-bond acceptors (Lipinski definition) is 5. The van der Waals surface area contributed by atoms with Gasteiger partial charge in [-0.05, 0) is 24.5 Å². The normalized spacial score (nSPS) is 17.0. The Morgan fingerprint density at radius 1 is 1.46 bits per heavy atom. The number of aromatic nitrogens is 2. The van der Waals surface area contributed by atoms with Crippen LogP contribution in [0.3, 0.4) is 0 Å². The number of benzene rings is 1. The zero-order chi connectivity index (χ0) is 17.1. The Hall–Kier alpha value is -2.36. The van der Waals surface area contributed by atoms with E-state index in [2.05, 4.69) is 9.97 Å². The number of nitrogens with zero attached hydrogens (tertiary/aromatic N) is 3. The van der Waals surface area contributed by atoms with Crippen LogP contribution in [-0.4, -0.2) is 34.3 Å². The Kier molecular flexibility index (Phi) is 4.84. The molecule has 1 fully saturated rings. The Morgan fingerprint density at radius 3 is 2.96 bits per heavy atom. The first-order valence-electron chi connectivity index (χ1n) is 7.78. The maximum Gasteiger partial charge on any atom is 0.271 e. The summed E-state index contributed by atoms with van der Waals surface area (Å²) in [6.45, 7) is 0.640. The molecule has 1 aliphatic rings. The zero-order valence-corrected chi connectivity index (χ0v) is 13.8. The average Bonchev–Trinajstić information content (AvgIpc) is 3.05. The summed E-state index contributed by atoms with van der Waals surface area (Å²) in [5.41, 5.74) is 0.365. The van der Waals surface area contributed by atoms with Crippen molar-refractivity contribution in [1.82, 2.24) is 9.97 Å². The molecule has 1 atom stereocenters.